The van der Waals surface area contributed by atoms with Gasteiger partial charge >= 0.3 is 5.69 Å². The van der Waals surface area contributed by atoms with Crippen molar-refractivity contribution in [1.29, 1.82) is 0 Å². The highest BCUT2D eigenvalue weighted by molar-refractivity contribution is 7.10. The van der Waals surface area contributed by atoms with Crippen molar-refractivity contribution in [3.8, 4) is 5.69 Å². The van der Waals surface area contributed by atoms with Crippen molar-refractivity contribution in [3.05, 3.63) is 57.1 Å². The number of tetrazole rings is 1. The lowest BCUT2D eigenvalue weighted by atomic mass is 9.83. The van der Waals surface area contributed by atoms with Crippen LogP contribution in [0.4, 0.5) is 5.69 Å². The van der Waals surface area contributed by atoms with E-state index >= 15 is 0 Å². The van der Waals surface area contributed by atoms with E-state index in [4.69, 9.17) is 0 Å². The van der Waals surface area contributed by atoms with Crippen LogP contribution in [0.15, 0.2) is 46.6 Å². The van der Waals surface area contributed by atoms with Crippen LogP contribution in [0.2, 0.25) is 0 Å². The fourth-order valence-electron chi connectivity index (χ4n) is 3.53. The Labute approximate surface area is 154 Å². The van der Waals surface area contributed by atoms with Gasteiger partial charge in [0.1, 0.15) is 0 Å². The van der Waals surface area contributed by atoms with Crippen molar-refractivity contribution in [2.24, 2.45) is 7.05 Å². The molecule has 8 heteroatoms. The van der Waals surface area contributed by atoms with Crippen LogP contribution in [0.5, 0.6) is 0 Å². The number of carbonyl (C=O) groups is 1. The summed E-state index contributed by atoms with van der Waals surface area (Å²) in [4.78, 5) is 26.1. The summed E-state index contributed by atoms with van der Waals surface area (Å²) < 4.78 is 2.39. The maximum atomic E-state index is 13.1. The molecule has 2 aromatic heterocycles. The zero-order chi connectivity index (χ0) is 18.1. The van der Waals surface area contributed by atoms with Gasteiger partial charge in [0.15, 0.2) is 0 Å². The summed E-state index contributed by atoms with van der Waals surface area (Å²) in [5.41, 5.74) is 0.576. The molecule has 0 saturated heterocycles. The second-order valence-electron chi connectivity index (χ2n) is 6.56. The van der Waals surface area contributed by atoms with Gasteiger partial charge in [-0.15, -0.1) is 11.3 Å². The number of benzene rings is 1. The molecule has 0 aliphatic heterocycles. The second-order valence-corrected chi connectivity index (χ2v) is 7.51. The van der Waals surface area contributed by atoms with E-state index in [-0.39, 0.29) is 11.6 Å². The number of rotatable bonds is 4. The fraction of sp³-hybridized carbons (Fsp3) is 0.333. The van der Waals surface area contributed by atoms with Gasteiger partial charge in [0.25, 0.3) is 0 Å². The number of aryl methyl sites for hydroxylation is 1. The zero-order valence-corrected chi connectivity index (χ0v) is 15.2. The molecule has 0 radical (unpaired) electrons. The van der Waals surface area contributed by atoms with E-state index in [9.17, 15) is 9.59 Å². The van der Waals surface area contributed by atoms with Crippen LogP contribution in [0.3, 0.4) is 0 Å². The normalized spacial score (nSPS) is 15.9. The summed E-state index contributed by atoms with van der Waals surface area (Å²) in [6.07, 6.45) is 3.90. The van der Waals surface area contributed by atoms with E-state index in [1.54, 1.807) is 42.6 Å². The Morgan fingerprint density at radius 2 is 1.88 bits per heavy atom. The highest BCUT2D eigenvalue weighted by atomic mass is 32.1. The molecule has 0 atom stereocenters. The number of carbonyl (C=O) groups excluding carboxylic acids is 1. The summed E-state index contributed by atoms with van der Waals surface area (Å²) in [5, 5.41) is 12.6. The number of nitrogens with one attached hydrogen (secondary N) is 1. The minimum Gasteiger partial charge on any atom is -0.325 e. The molecule has 1 amide bonds. The quantitative estimate of drug-likeness (QED) is 0.766. The van der Waals surface area contributed by atoms with Crippen molar-refractivity contribution in [2.75, 3.05) is 5.32 Å². The van der Waals surface area contributed by atoms with Gasteiger partial charge in [-0.05, 0) is 59.0 Å². The number of thiophene rings is 1. The molecule has 1 fully saturated rings. The lowest BCUT2D eigenvalue weighted by Crippen LogP contribution is -2.37. The van der Waals surface area contributed by atoms with Gasteiger partial charge in [-0.2, -0.15) is 9.36 Å². The molecule has 3 aromatic rings. The molecular formula is C18H19N5O2S. The average Bonchev–Trinajstić information content (AvgIpc) is 3.39. The van der Waals surface area contributed by atoms with E-state index in [1.807, 2.05) is 11.4 Å². The standard InChI is InChI=1S/C18H19N5O2S/c1-22-17(25)23(21-20-22)14-8-6-13(7-9-14)19-16(24)18(10-2-3-11-18)15-5-4-12-26-15/h4-9,12H,2-3,10-11H2,1H3,(H,19,24). The molecule has 4 rings (SSSR count). The van der Waals surface area contributed by atoms with Crippen LogP contribution in [-0.4, -0.2) is 25.7 Å². The highest BCUT2D eigenvalue weighted by Gasteiger charge is 2.43. The minimum absolute atomic E-state index is 0.0434. The molecule has 0 unspecified atom stereocenters. The van der Waals surface area contributed by atoms with Gasteiger partial charge in [0.05, 0.1) is 11.1 Å². The van der Waals surface area contributed by atoms with Gasteiger partial charge in [0.2, 0.25) is 5.91 Å². The summed E-state index contributed by atoms with van der Waals surface area (Å²) in [6.45, 7) is 0. The predicted octanol–water partition coefficient (Wildman–Crippen LogP) is 2.48. The van der Waals surface area contributed by atoms with Gasteiger partial charge in [-0.3, -0.25) is 4.79 Å². The fourth-order valence-corrected chi connectivity index (χ4v) is 4.51. The van der Waals surface area contributed by atoms with Crippen LogP contribution in [0.1, 0.15) is 30.6 Å². The van der Waals surface area contributed by atoms with Crippen molar-refractivity contribution in [3.63, 3.8) is 0 Å². The smallest absolute Gasteiger partial charge is 0.325 e. The highest BCUT2D eigenvalue weighted by Crippen LogP contribution is 2.43. The lowest BCUT2D eigenvalue weighted by molar-refractivity contribution is -0.121. The summed E-state index contributed by atoms with van der Waals surface area (Å²) >= 11 is 1.65. The molecule has 1 saturated carbocycles. The van der Waals surface area contributed by atoms with E-state index in [1.165, 1.54) is 9.36 Å². The third kappa shape index (κ3) is 2.76. The Hall–Kier alpha value is -2.74. The molecule has 1 aromatic carbocycles. The van der Waals surface area contributed by atoms with Gasteiger partial charge in [0, 0.05) is 17.6 Å². The van der Waals surface area contributed by atoms with Crippen molar-refractivity contribution in [1.82, 2.24) is 19.8 Å². The van der Waals surface area contributed by atoms with Crippen LogP contribution >= 0.6 is 11.3 Å². The van der Waals surface area contributed by atoms with E-state index in [2.05, 4.69) is 21.8 Å². The molecule has 0 bridgehead atoms. The van der Waals surface area contributed by atoms with Crippen molar-refractivity contribution < 1.29 is 4.79 Å². The van der Waals surface area contributed by atoms with Gasteiger partial charge < -0.3 is 5.32 Å². The average molecular weight is 369 g/mol. The van der Waals surface area contributed by atoms with Gasteiger partial charge in [-0.1, -0.05) is 18.9 Å². The molecule has 0 spiro atoms. The van der Waals surface area contributed by atoms with Crippen LogP contribution in [0, 0.1) is 0 Å². The molecule has 1 N–H and O–H groups in total. The Balaban J connectivity index is 1.56. The number of hydrogen-bond acceptors (Lipinski definition) is 5. The topological polar surface area (TPSA) is 81.8 Å². The molecule has 26 heavy (non-hydrogen) atoms. The second kappa shape index (κ2) is 6.53. The predicted molar refractivity (Wildman–Crippen MR) is 99.7 cm³/mol. The number of amides is 1. The Morgan fingerprint density at radius 1 is 1.15 bits per heavy atom. The summed E-state index contributed by atoms with van der Waals surface area (Å²) in [7, 11) is 1.55. The maximum absolute atomic E-state index is 13.1. The third-order valence-electron chi connectivity index (χ3n) is 4.98. The van der Waals surface area contributed by atoms with Crippen LogP contribution in [-0.2, 0) is 17.3 Å². The Morgan fingerprint density at radius 3 is 2.46 bits per heavy atom. The van der Waals surface area contributed by atoms with E-state index < -0.39 is 5.41 Å². The first-order chi connectivity index (χ1) is 12.6. The number of anilines is 1. The summed E-state index contributed by atoms with van der Waals surface area (Å²) in [5.74, 6) is 0.0434. The van der Waals surface area contributed by atoms with Gasteiger partial charge in [-0.25, -0.2) is 4.79 Å². The summed E-state index contributed by atoms with van der Waals surface area (Å²) in [6, 6.07) is 11.1. The Kier molecular flexibility index (Phi) is 4.20. The first kappa shape index (κ1) is 16.7. The monoisotopic (exact) mass is 369 g/mol. The SMILES string of the molecule is Cn1nnn(-c2ccc(NC(=O)C3(c4cccs4)CCCC3)cc2)c1=O. The van der Waals surface area contributed by atoms with Crippen molar-refractivity contribution >= 4 is 22.9 Å². The molecule has 7 nitrogen and oxygen atoms in total. The maximum Gasteiger partial charge on any atom is 0.368 e. The zero-order valence-electron chi connectivity index (χ0n) is 14.4. The molecule has 1 aliphatic rings. The number of hydrogen-bond donors (Lipinski definition) is 1. The molecular weight excluding hydrogens is 350 g/mol. The van der Waals surface area contributed by atoms with E-state index in [0.29, 0.717) is 11.4 Å². The first-order valence-corrected chi connectivity index (χ1v) is 9.43. The lowest BCUT2D eigenvalue weighted by Gasteiger charge is -2.26. The van der Waals surface area contributed by atoms with Crippen molar-refractivity contribution in [2.45, 2.75) is 31.1 Å². The molecule has 2 heterocycles. The first-order valence-electron chi connectivity index (χ1n) is 8.55. The minimum atomic E-state index is -0.422. The van der Waals surface area contributed by atoms with Crippen LogP contribution < -0.4 is 11.0 Å². The molecule has 1 aliphatic carbocycles. The Bertz CT molecular complexity index is 966. The van der Waals surface area contributed by atoms with E-state index in [0.717, 1.165) is 30.6 Å². The largest absolute Gasteiger partial charge is 0.368 e. The number of nitrogens with zero attached hydrogens (tertiary/aromatic N) is 4. The van der Waals surface area contributed by atoms with Crippen LogP contribution in [0.25, 0.3) is 5.69 Å². The molecule has 134 valence electrons. The third-order valence-corrected chi connectivity index (χ3v) is 6.05. The number of aromatic nitrogens is 4.